The Kier molecular flexibility index (Phi) is 3.42. The molecule has 0 bridgehead atoms. The average molecular weight is 205 g/mol. The summed E-state index contributed by atoms with van der Waals surface area (Å²) in [6.45, 7) is 1.53. The van der Waals surface area contributed by atoms with Crippen LogP contribution in [-0.4, -0.2) is 16.2 Å². The molecule has 1 rings (SSSR count). The number of aliphatic hydroxyl groups excluding tert-OH is 1. The van der Waals surface area contributed by atoms with Gasteiger partial charge in [-0.15, -0.1) is 0 Å². The molecule has 78 valence electrons. The fourth-order valence-corrected chi connectivity index (χ4v) is 1.44. The van der Waals surface area contributed by atoms with Gasteiger partial charge in [0.05, 0.1) is 17.7 Å². The second kappa shape index (κ2) is 4.58. The summed E-state index contributed by atoms with van der Waals surface area (Å²) in [7, 11) is 0. The van der Waals surface area contributed by atoms with E-state index in [1.165, 1.54) is 0 Å². The lowest BCUT2D eigenvalue weighted by Crippen LogP contribution is -2.07. The number of carbonyl (C=O) groups is 1. The Morgan fingerprint density at radius 3 is 2.60 bits per heavy atom. The van der Waals surface area contributed by atoms with Crippen LogP contribution in [0.25, 0.3) is 0 Å². The summed E-state index contributed by atoms with van der Waals surface area (Å²) in [4.78, 5) is 10.9. The van der Waals surface area contributed by atoms with Crippen molar-refractivity contribution in [2.45, 2.75) is 20.0 Å². The number of hydrogen-bond donors (Lipinski definition) is 2. The molecule has 0 spiro atoms. The SMILES string of the molecule is CCc1cc(C#N)c(C(=O)O)c(CO)c1. The normalized spacial score (nSPS) is 9.67. The highest BCUT2D eigenvalue weighted by Gasteiger charge is 2.16. The predicted molar refractivity (Wildman–Crippen MR) is 53.4 cm³/mol. The third-order valence-corrected chi connectivity index (χ3v) is 2.19. The van der Waals surface area contributed by atoms with Gasteiger partial charge in [-0.25, -0.2) is 4.79 Å². The van der Waals surface area contributed by atoms with Crippen LogP contribution >= 0.6 is 0 Å². The van der Waals surface area contributed by atoms with Crippen molar-refractivity contribution < 1.29 is 15.0 Å². The van der Waals surface area contributed by atoms with Gasteiger partial charge in [-0.2, -0.15) is 5.26 Å². The molecule has 0 fully saturated rings. The maximum atomic E-state index is 10.9. The summed E-state index contributed by atoms with van der Waals surface area (Å²) in [6.07, 6.45) is 0.696. The van der Waals surface area contributed by atoms with Gasteiger partial charge in [0.25, 0.3) is 0 Å². The molecule has 0 heterocycles. The highest BCUT2D eigenvalue weighted by molar-refractivity contribution is 5.92. The Balaban J connectivity index is 3.48. The first-order valence-corrected chi connectivity index (χ1v) is 4.54. The number of hydrogen-bond acceptors (Lipinski definition) is 3. The molecule has 0 unspecified atom stereocenters. The van der Waals surface area contributed by atoms with Gasteiger partial charge in [0, 0.05) is 0 Å². The Morgan fingerprint density at radius 2 is 2.20 bits per heavy atom. The zero-order valence-corrected chi connectivity index (χ0v) is 8.32. The quantitative estimate of drug-likeness (QED) is 0.779. The Labute approximate surface area is 87.4 Å². The number of carboxylic acid groups (broad SMARTS) is 1. The van der Waals surface area contributed by atoms with E-state index in [4.69, 9.17) is 15.5 Å². The maximum Gasteiger partial charge on any atom is 0.337 e. The minimum Gasteiger partial charge on any atom is -0.478 e. The van der Waals surface area contributed by atoms with E-state index in [1.54, 1.807) is 12.1 Å². The van der Waals surface area contributed by atoms with Gasteiger partial charge in [-0.3, -0.25) is 0 Å². The van der Waals surface area contributed by atoms with Gasteiger partial charge in [-0.05, 0) is 23.6 Å². The van der Waals surface area contributed by atoms with Crippen LogP contribution in [0, 0.1) is 11.3 Å². The van der Waals surface area contributed by atoms with E-state index in [1.807, 2.05) is 13.0 Å². The van der Waals surface area contributed by atoms with E-state index in [0.29, 0.717) is 12.0 Å². The van der Waals surface area contributed by atoms with Crippen LogP contribution in [0.4, 0.5) is 0 Å². The van der Waals surface area contributed by atoms with E-state index in [2.05, 4.69) is 0 Å². The number of nitriles is 1. The predicted octanol–water partition coefficient (Wildman–Crippen LogP) is 1.31. The Morgan fingerprint density at radius 1 is 1.53 bits per heavy atom. The van der Waals surface area contributed by atoms with Gasteiger partial charge >= 0.3 is 5.97 Å². The molecule has 4 nitrogen and oxygen atoms in total. The first kappa shape index (κ1) is 11.2. The summed E-state index contributed by atoms with van der Waals surface area (Å²) in [5, 5.41) is 26.8. The van der Waals surface area contributed by atoms with Gasteiger partial charge in [-0.1, -0.05) is 13.0 Å². The van der Waals surface area contributed by atoms with E-state index in [9.17, 15) is 4.79 Å². The minimum atomic E-state index is -1.18. The van der Waals surface area contributed by atoms with Crippen molar-refractivity contribution in [1.29, 1.82) is 5.26 Å². The fraction of sp³-hybridized carbons (Fsp3) is 0.273. The topological polar surface area (TPSA) is 81.3 Å². The number of benzene rings is 1. The molecule has 4 heteroatoms. The van der Waals surface area contributed by atoms with Crippen LogP contribution in [0.15, 0.2) is 12.1 Å². The largest absolute Gasteiger partial charge is 0.478 e. The van der Waals surface area contributed by atoms with Crippen molar-refractivity contribution in [3.8, 4) is 6.07 Å². The number of aromatic carboxylic acids is 1. The summed E-state index contributed by atoms with van der Waals surface area (Å²) >= 11 is 0. The lowest BCUT2D eigenvalue weighted by molar-refractivity contribution is 0.0693. The van der Waals surface area contributed by atoms with Crippen LogP contribution < -0.4 is 0 Å². The molecule has 0 saturated heterocycles. The third kappa shape index (κ3) is 2.14. The zero-order valence-electron chi connectivity index (χ0n) is 8.32. The molecule has 15 heavy (non-hydrogen) atoms. The molecule has 0 aromatic heterocycles. The molecule has 0 saturated carbocycles. The van der Waals surface area contributed by atoms with Gasteiger partial charge < -0.3 is 10.2 Å². The van der Waals surface area contributed by atoms with Crippen molar-refractivity contribution >= 4 is 5.97 Å². The molecule has 0 aliphatic rings. The summed E-state index contributed by atoms with van der Waals surface area (Å²) in [5.74, 6) is -1.18. The fourth-order valence-electron chi connectivity index (χ4n) is 1.44. The Hall–Kier alpha value is -1.86. The van der Waals surface area contributed by atoms with Crippen LogP contribution in [0.5, 0.6) is 0 Å². The van der Waals surface area contributed by atoms with Crippen molar-refractivity contribution in [1.82, 2.24) is 0 Å². The standard InChI is InChI=1S/C11H11NO3/c1-2-7-3-8(5-12)10(11(14)15)9(4-7)6-13/h3-4,13H,2,6H2,1H3,(H,14,15). The number of carboxylic acids is 1. The van der Waals surface area contributed by atoms with Crippen molar-refractivity contribution in [2.24, 2.45) is 0 Å². The van der Waals surface area contributed by atoms with E-state index < -0.39 is 5.97 Å². The van der Waals surface area contributed by atoms with Crippen LogP contribution in [0.3, 0.4) is 0 Å². The molecule has 1 aromatic rings. The monoisotopic (exact) mass is 205 g/mol. The van der Waals surface area contributed by atoms with E-state index >= 15 is 0 Å². The molecule has 2 N–H and O–H groups in total. The molecule has 0 aliphatic heterocycles. The molecule has 0 atom stereocenters. The molecule has 0 aliphatic carbocycles. The smallest absolute Gasteiger partial charge is 0.337 e. The second-order valence-electron chi connectivity index (χ2n) is 3.11. The summed E-state index contributed by atoms with van der Waals surface area (Å²) in [6, 6.07) is 4.99. The first-order chi connectivity index (χ1) is 7.13. The second-order valence-corrected chi connectivity index (χ2v) is 3.11. The third-order valence-electron chi connectivity index (χ3n) is 2.19. The van der Waals surface area contributed by atoms with Gasteiger partial charge in [0.1, 0.15) is 6.07 Å². The highest BCUT2D eigenvalue weighted by Crippen LogP contribution is 2.18. The average Bonchev–Trinajstić information content (AvgIpc) is 2.26. The van der Waals surface area contributed by atoms with Gasteiger partial charge in [0.15, 0.2) is 0 Å². The minimum absolute atomic E-state index is 0.0998. The molecule has 0 radical (unpaired) electrons. The molecule has 0 amide bonds. The summed E-state index contributed by atoms with van der Waals surface area (Å²) in [5.41, 5.74) is 1.14. The Bertz CT molecular complexity index is 432. The lowest BCUT2D eigenvalue weighted by atomic mass is 9.97. The van der Waals surface area contributed by atoms with Crippen molar-refractivity contribution in [3.05, 3.63) is 34.4 Å². The molecule has 1 aromatic carbocycles. The summed E-state index contributed by atoms with van der Waals surface area (Å²) < 4.78 is 0. The van der Waals surface area contributed by atoms with Crippen LogP contribution in [-0.2, 0) is 13.0 Å². The van der Waals surface area contributed by atoms with Crippen molar-refractivity contribution in [3.63, 3.8) is 0 Å². The van der Waals surface area contributed by atoms with Crippen LogP contribution in [0.1, 0.15) is 34.0 Å². The maximum absolute atomic E-state index is 10.9. The first-order valence-electron chi connectivity index (χ1n) is 4.54. The van der Waals surface area contributed by atoms with E-state index in [-0.39, 0.29) is 17.7 Å². The molecular formula is C11H11NO3. The van der Waals surface area contributed by atoms with Crippen LogP contribution in [0.2, 0.25) is 0 Å². The van der Waals surface area contributed by atoms with E-state index in [0.717, 1.165) is 5.56 Å². The zero-order chi connectivity index (χ0) is 11.4. The lowest BCUT2D eigenvalue weighted by Gasteiger charge is -2.07. The number of nitrogens with zero attached hydrogens (tertiary/aromatic N) is 1. The highest BCUT2D eigenvalue weighted by atomic mass is 16.4. The number of aryl methyl sites for hydroxylation is 1. The van der Waals surface area contributed by atoms with Crippen molar-refractivity contribution in [2.75, 3.05) is 0 Å². The van der Waals surface area contributed by atoms with Gasteiger partial charge in [0.2, 0.25) is 0 Å². The molecular weight excluding hydrogens is 194 g/mol. The number of aliphatic hydroxyl groups is 1. The number of rotatable bonds is 3.